The zero-order chi connectivity index (χ0) is 7.84. The first-order valence-corrected chi connectivity index (χ1v) is 4.48. The van der Waals surface area contributed by atoms with Crippen LogP contribution in [-0.4, -0.2) is 10.1 Å². The molecule has 1 aromatic heterocycles. The molecule has 0 saturated heterocycles. The van der Waals surface area contributed by atoms with Crippen LogP contribution in [0.15, 0.2) is 6.20 Å². The van der Waals surface area contributed by atoms with Crippen molar-refractivity contribution in [2.75, 3.05) is 0 Å². The van der Waals surface area contributed by atoms with Gasteiger partial charge < -0.3 is 10.8 Å². The van der Waals surface area contributed by atoms with E-state index < -0.39 is 6.23 Å². The minimum Gasteiger partial charge on any atom is -0.374 e. The highest BCUT2D eigenvalue weighted by atomic mass is 32.1. The number of thiazole rings is 1. The predicted molar refractivity (Wildman–Crippen MR) is 43.2 cm³/mol. The third kappa shape index (κ3) is 1.42. The van der Waals surface area contributed by atoms with Crippen LogP contribution in [0.5, 0.6) is 0 Å². The van der Waals surface area contributed by atoms with Crippen molar-refractivity contribution in [2.45, 2.75) is 25.0 Å². The lowest BCUT2D eigenvalue weighted by molar-refractivity contribution is 0.190. The molecule has 0 bridgehead atoms. The summed E-state index contributed by atoms with van der Waals surface area (Å²) in [5.74, 6) is 0.660. The number of hydrogen-bond acceptors (Lipinski definition) is 4. The normalized spacial score (nSPS) is 20.2. The Hall–Kier alpha value is -0.450. The van der Waals surface area contributed by atoms with E-state index in [1.807, 2.05) is 0 Å². The van der Waals surface area contributed by atoms with E-state index in [-0.39, 0.29) is 0 Å². The van der Waals surface area contributed by atoms with E-state index in [1.165, 1.54) is 24.2 Å². The van der Waals surface area contributed by atoms with Crippen LogP contribution >= 0.6 is 11.3 Å². The van der Waals surface area contributed by atoms with Gasteiger partial charge >= 0.3 is 0 Å². The number of hydrogen-bond donors (Lipinski definition) is 2. The first-order valence-electron chi connectivity index (χ1n) is 3.66. The minimum absolute atomic E-state index is 0.660. The van der Waals surface area contributed by atoms with Crippen LogP contribution in [0.3, 0.4) is 0 Å². The van der Waals surface area contributed by atoms with Crippen molar-refractivity contribution in [1.29, 1.82) is 0 Å². The molecule has 11 heavy (non-hydrogen) atoms. The molecular weight excluding hydrogens is 160 g/mol. The quantitative estimate of drug-likeness (QED) is 0.650. The number of aliphatic hydroxyl groups is 1. The maximum Gasteiger partial charge on any atom is 0.139 e. The van der Waals surface area contributed by atoms with Crippen LogP contribution in [0.1, 0.15) is 34.9 Å². The summed E-state index contributed by atoms with van der Waals surface area (Å²) >= 11 is 1.53. The summed E-state index contributed by atoms with van der Waals surface area (Å²) in [4.78, 5) is 4.95. The fraction of sp³-hybridized carbons (Fsp3) is 0.571. The Labute approximate surface area is 68.9 Å². The largest absolute Gasteiger partial charge is 0.374 e. The number of aromatic nitrogens is 1. The Balaban J connectivity index is 2.18. The molecule has 0 radical (unpaired) electrons. The summed E-state index contributed by atoms with van der Waals surface area (Å²) in [5.41, 5.74) is 5.27. The number of rotatable bonds is 2. The van der Waals surface area contributed by atoms with Gasteiger partial charge in [-0.3, -0.25) is 0 Å². The molecule has 0 amide bonds. The van der Waals surface area contributed by atoms with E-state index in [0.29, 0.717) is 5.92 Å². The summed E-state index contributed by atoms with van der Waals surface area (Å²) in [6.07, 6.45) is 3.31. The van der Waals surface area contributed by atoms with Gasteiger partial charge in [0.1, 0.15) is 6.23 Å². The zero-order valence-corrected chi connectivity index (χ0v) is 6.84. The van der Waals surface area contributed by atoms with Crippen molar-refractivity contribution in [3.63, 3.8) is 0 Å². The summed E-state index contributed by atoms with van der Waals surface area (Å²) < 4.78 is 0. The van der Waals surface area contributed by atoms with E-state index in [9.17, 15) is 0 Å². The topological polar surface area (TPSA) is 59.1 Å². The van der Waals surface area contributed by atoms with Crippen molar-refractivity contribution in [1.82, 2.24) is 4.98 Å². The van der Waals surface area contributed by atoms with E-state index in [1.54, 1.807) is 6.20 Å². The predicted octanol–water partition coefficient (Wildman–Crippen LogP) is 0.970. The van der Waals surface area contributed by atoms with Gasteiger partial charge in [0.15, 0.2) is 0 Å². The Kier molecular flexibility index (Phi) is 1.67. The lowest BCUT2D eigenvalue weighted by Gasteiger charge is -1.95. The summed E-state index contributed by atoms with van der Waals surface area (Å²) in [6.45, 7) is 0. The molecule has 1 aromatic rings. The van der Waals surface area contributed by atoms with Gasteiger partial charge in [-0.05, 0) is 12.8 Å². The highest BCUT2D eigenvalue weighted by Crippen LogP contribution is 2.42. The molecule has 1 unspecified atom stereocenters. The molecular formula is C7H10N2OS. The van der Waals surface area contributed by atoms with Gasteiger partial charge in [-0.25, -0.2) is 4.98 Å². The van der Waals surface area contributed by atoms with Gasteiger partial charge in [-0.1, -0.05) is 0 Å². The third-order valence-corrected chi connectivity index (χ3v) is 2.99. The van der Waals surface area contributed by atoms with Gasteiger partial charge in [0.2, 0.25) is 0 Å². The number of nitrogens with zero attached hydrogens (tertiary/aromatic N) is 1. The molecule has 2 rings (SSSR count). The molecule has 1 aliphatic carbocycles. The summed E-state index contributed by atoms with van der Waals surface area (Å²) in [7, 11) is 0. The van der Waals surface area contributed by atoms with E-state index in [0.717, 1.165) is 9.88 Å². The van der Waals surface area contributed by atoms with Crippen molar-refractivity contribution < 1.29 is 5.11 Å². The van der Waals surface area contributed by atoms with Crippen LogP contribution in [0.4, 0.5) is 0 Å². The monoisotopic (exact) mass is 170 g/mol. The Morgan fingerprint density at radius 3 is 2.91 bits per heavy atom. The maximum absolute atomic E-state index is 8.99. The maximum atomic E-state index is 8.99. The molecule has 1 atom stereocenters. The van der Waals surface area contributed by atoms with Crippen LogP contribution in [0.25, 0.3) is 0 Å². The fourth-order valence-electron chi connectivity index (χ4n) is 0.956. The molecule has 0 aromatic carbocycles. The first-order chi connectivity index (χ1) is 5.27. The SMILES string of the molecule is NC(O)c1cnc(C2CC2)s1. The van der Waals surface area contributed by atoms with Gasteiger partial charge in [0.25, 0.3) is 0 Å². The zero-order valence-electron chi connectivity index (χ0n) is 6.03. The van der Waals surface area contributed by atoms with Gasteiger partial charge in [-0.15, -0.1) is 11.3 Å². The lowest BCUT2D eigenvalue weighted by Crippen LogP contribution is -2.05. The van der Waals surface area contributed by atoms with Crippen LogP contribution in [-0.2, 0) is 0 Å². The van der Waals surface area contributed by atoms with Crippen molar-refractivity contribution in [3.8, 4) is 0 Å². The molecule has 3 nitrogen and oxygen atoms in total. The number of nitrogens with two attached hydrogens (primary N) is 1. The van der Waals surface area contributed by atoms with Crippen LogP contribution < -0.4 is 5.73 Å². The van der Waals surface area contributed by atoms with E-state index >= 15 is 0 Å². The molecule has 0 aliphatic heterocycles. The molecule has 1 heterocycles. The summed E-state index contributed by atoms with van der Waals surface area (Å²) in [5, 5.41) is 10.1. The first kappa shape index (κ1) is 7.21. The van der Waals surface area contributed by atoms with Gasteiger partial charge in [0.05, 0.1) is 9.88 Å². The van der Waals surface area contributed by atoms with Crippen molar-refractivity contribution in [3.05, 3.63) is 16.1 Å². The molecule has 1 saturated carbocycles. The van der Waals surface area contributed by atoms with E-state index in [4.69, 9.17) is 10.8 Å². The Bertz CT molecular complexity index is 238. The molecule has 0 spiro atoms. The van der Waals surface area contributed by atoms with Crippen LogP contribution in [0, 0.1) is 0 Å². The minimum atomic E-state index is -0.847. The molecule has 60 valence electrons. The average molecular weight is 170 g/mol. The average Bonchev–Trinajstić information content (AvgIpc) is 2.68. The smallest absolute Gasteiger partial charge is 0.139 e. The fourth-order valence-corrected chi connectivity index (χ4v) is 1.93. The Morgan fingerprint density at radius 2 is 2.45 bits per heavy atom. The molecule has 1 aliphatic rings. The second-order valence-corrected chi connectivity index (χ2v) is 3.91. The standard InChI is InChI=1S/C7H10N2OS/c8-6(10)5-3-9-7(11-5)4-1-2-4/h3-4,6,10H,1-2,8H2. The lowest BCUT2D eigenvalue weighted by atomic mass is 10.4. The van der Waals surface area contributed by atoms with Crippen molar-refractivity contribution in [2.24, 2.45) is 5.73 Å². The van der Waals surface area contributed by atoms with Gasteiger partial charge in [-0.2, -0.15) is 0 Å². The third-order valence-electron chi connectivity index (χ3n) is 1.76. The van der Waals surface area contributed by atoms with E-state index in [2.05, 4.69) is 4.98 Å². The van der Waals surface area contributed by atoms with Gasteiger partial charge in [0, 0.05) is 12.1 Å². The second-order valence-electron chi connectivity index (χ2n) is 2.82. The van der Waals surface area contributed by atoms with Crippen LogP contribution in [0.2, 0.25) is 0 Å². The highest BCUT2D eigenvalue weighted by Gasteiger charge is 2.26. The Morgan fingerprint density at radius 1 is 1.73 bits per heavy atom. The second kappa shape index (κ2) is 2.55. The highest BCUT2D eigenvalue weighted by molar-refractivity contribution is 7.11. The molecule has 3 N–H and O–H groups in total. The summed E-state index contributed by atoms with van der Waals surface area (Å²) in [6, 6.07) is 0. The molecule has 1 fully saturated rings. The molecule has 4 heteroatoms. The van der Waals surface area contributed by atoms with Crippen molar-refractivity contribution >= 4 is 11.3 Å². The number of aliphatic hydroxyl groups excluding tert-OH is 1.